The van der Waals surface area contributed by atoms with Crippen molar-refractivity contribution in [2.75, 3.05) is 13.1 Å². The minimum atomic E-state index is -1.35. The highest BCUT2D eigenvalue weighted by molar-refractivity contribution is 6.30. The smallest absolute Gasteiger partial charge is 0.253 e. The summed E-state index contributed by atoms with van der Waals surface area (Å²) in [4.78, 5) is 22.6. The Morgan fingerprint density at radius 3 is 2.45 bits per heavy atom. The van der Waals surface area contributed by atoms with Crippen LogP contribution in [0.5, 0.6) is 0 Å². The molecule has 164 valence electrons. The molecule has 1 aliphatic rings. The van der Waals surface area contributed by atoms with Gasteiger partial charge in [0.05, 0.1) is 5.69 Å². The van der Waals surface area contributed by atoms with Crippen molar-refractivity contribution in [2.45, 2.75) is 38.2 Å². The van der Waals surface area contributed by atoms with Gasteiger partial charge in [-0.05, 0) is 44.9 Å². The summed E-state index contributed by atoms with van der Waals surface area (Å²) >= 11 is 6.06. The minimum absolute atomic E-state index is 0. The summed E-state index contributed by atoms with van der Waals surface area (Å²) in [5.74, 6) is -0.0298. The van der Waals surface area contributed by atoms with Gasteiger partial charge in [-0.15, -0.1) is 12.4 Å². The van der Waals surface area contributed by atoms with Crippen molar-refractivity contribution in [3.63, 3.8) is 0 Å². The normalized spacial score (nSPS) is 14.9. The number of carbonyl (C=O) groups is 1. The number of rotatable bonds is 4. The number of nitrogens with one attached hydrogen (secondary N) is 1. The second-order valence-electron chi connectivity index (χ2n) is 8.09. The van der Waals surface area contributed by atoms with Crippen LogP contribution in [0.2, 0.25) is 5.02 Å². The van der Waals surface area contributed by atoms with Gasteiger partial charge < -0.3 is 10.0 Å². The number of hydrogen-bond acceptors (Lipinski definition) is 5. The highest BCUT2D eigenvalue weighted by Gasteiger charge is 2.34. The number of hydrogen-bond donors (Lipinski definition) is 2. The molecule has 0 radical (unpaired) electrons. The molecule has 1 saturated heterocycles. The standard InChI is InChI=1S/C22H24ClN5O2.ClH/c1-22(2,30)21(29)28-11-8-15(9-12-28)20-18(17-7-10-24-13-25-17)19(26-27-20)14-3-5-16(23)6-4-14;/h3-7,10,13,15,30H,8-9,11-12H2,1-2H3,(H,26,27);1H. The molecule has 7 nitrogen and oxygen atoms in total. The van der Waals surface area contributed by atoms with E-state index in [-0.39, 0.29) is 24.2 Å². The summed E-state index contributed by atoms with van der Waals surface area (Å²) in [5, 5.41) is 18.5. The maximum absolute atomic E-state index is 12.4. The zero-order valence-electron chi connectivity index (χ0n) is 17.4. The van der Waals surface area contributed by atoms with Crippen molar-refractivity contribution in [1.29, 1.82) is 0 Å². The van der Waals surface area contributed by atoms with Gasteiger partial charge in [-0.25, -0.2) is 9.97 Å². The van der Waals surface area contributed by atoms with Crippen molar-refractivity contribution >= 4 is 29.9 Å². The SMILES string of the molecule is CC(C)(O)C(=O)N1CCC(c2[nH]nc(-c3ccc(Cl)cc3)c2-c2ccncn2)CC1.Cl. The van der Waals surface area contributed by atoms with E-state index in [2.05, 4.69) is 20.2 Å². The highest BCUT2D eigenvalue weighted by atomic mass is 35.5. The lowest BCUT2D eigenvalue weighted by Gasteiger charge is -2.35. The van der Waals surface area contributed by atoms with Crippen LogP contribution in [0.3, 0.4) is 0 Å². The molecule has 1 amide bonds. The maximum Gasteiger partial charge on any atom is 0.253 e. The average Bonchev–Trinajstić information content (AvgIpc) is 3.19. The first-order valence-electron chi connectivity index (χ1n) is 9.97. The first-order chi connectivity index (χ1) is 14.3. The van der Waals surface area contributed by atoms with Gasteiger partial charge in [-0.1, -0.05) is 23.7 Å². The maximum atomic E-state index is 12.4. The third kappa shape index (κ3) is 4.89. The van der Waals surface area contributed by atoms with Crippen LogP contribution in [-0.2, 0) is 4.79 Å². The molecule has 0 atom stereocenters. The van der Waals surface area contributed by atoms with Crippen LogP contribution in [0.15, 0.2) is 42.9 Å². The molecule has 0 bridgehead atoms. The average molecular weight is 462 g/mol. The number of nitrogens with zero attached hydrogens (tertiary/aromatic N) is 4. The molecule has 3 heterocycles. The van der Waals surface area contributed by atoms with E-state index in [0.717, 1.165) is 41.1 Å². The van der Waals surface area contributed by atoms with Gasteiger partial charge in [0.2, 0.25) is 0 Å². The molecule has 0 aliphatic carbocycles. The number of carbonyl (C=O) groups excluding carboxylic acids is 1. The summed E-state index contributed by atoms with van der Waals surface area (Å²) in [6.45, 7) is 4.24. The van der Waals surface area contributed by atoms with Crippen LogP contribution in [0, 0.1) is 0 Å². The summed E-state index contributed by atoms with van der Waals surface area (Å²) in [6.07, 6.45) is 4.81. The van der Waals surface area contributed by atoms with Gasteiger partial charge in [-0.3, -0.25) is 9.89 Å². The Kier molecular flexibility index (Phi) is 6.99. The largest absolute Gasteiger partial charge is 0.381 e. The van der Waals surface area contributed by atoms with Gasteiger partial charge in [0, 0.05) is 47.0 Å². The highest BCUT2D eigenvalue weighted by Crippen LogP contribution is 2.39. The Bertz CT molecular complexity index is 1020. The van der Waals surface area contributed by atoms with Crippen molar-refractivity contribution in [1.82, 2.24) is 25.1 Å². The molecule has 2 aromatic heterocycles. The molecular weight excluding hydrogens is 437 g/mol. The predicted molar refractivity (Wildman–Crippen MR) is 122 cm³/mol. The zero-order valence-corrected chi connectivity index (χ0v) is 19.0. The van der Waals surface area contributed by atoms with E-state index in [0.29, 0.717) is 18.1 Å². The van der Waals surface area contributed by atoms with E-state index >= 15 is 0 Å². The Morgan fingerprint density at radius 1 is 1.19 bits per heavy atom. The molecule has 9 heteroatoms. The van der Waals surface area contributed by atoms with E-state index < -0.39 is 5.60 Å². The fourth-order valence-electron chi connectivity index (χ4n) is 3.92. The van der Waals surface area contributed by atoms with E-state index in [1.807, 2.05) is 30.3 Å². The number of amides is 1. The van der Waals surface area contributed by atoms with Crippen LogP contribution in [0.25, 0.3) is 22.5 Å². The third-order valence-corrected chi connectivity index (χ3v) is 5.72. The Balaban J connectivity index is 0.00000272. The second kappa shape index (κ2) is 9.34. The molecule has 4 rings (SSSR count). The number of aliphatic hydroxyl groups is 1. The number of H-pyrrole nitrogens is 1. The summed E-state index contributed by atoms with van der Waals surface area (Å²) in [6, 6.07) is 9.45. The van der Waals surface area contributed by atoms with Crippen molar-refractivity contribution in [2.24, 2.45) is 0 Å². The van der Waals surface area contributed by atoms with Crippen LogP contribution < -0.4 is 0 Å². The van der Waals surface area contributed by atoms with Gasteiger partial charge in [0.25, 0.3) is 5.91 Å². The Morgan fingerprint density at radius 2 is 1.87 bits per heavy atom. The summed E-state index contributed by atoms with van der Waals surface area (Å²) < 4.78 is 0. The summed E-state index contributed by atoms with van der Waals surface area (Å²) in [5.41, 5.74) is 3.17. The molecule has 3 aromatic rings. The fraction of sp³-hybridized carbons (Fsp3) is 0.364. The molecule has 0 unspecified atom stereocenters. The molecular formula is C22H25Cl2N5O2. The monoisotopic (exact) mass is 461 g/mol. The lowest BCUT2D eigenvalue weighted by atomic mass is 9.88. The molecule has 0 saturated carbocycles. The quantitative estimate of drug-likeness (QED) is 0.609. The summed E-state index contributed by atoms with van der Waals surface area (Å²) in [7, 11) is 0. The van der Waals surface area contributed by atoms with E-state index in [9.17, 15) is 9.90 Å². The molecule has 1 aliphatic heterocycles. The zero-order chi connectivity index (χ0) is 21.3. The van der Waals surface area contributed by atoms with Crippen molar-refractivity contribution in [3.8, 4) is 22.5 Å². The van der Waals surface area contributed by atoms with Crippen molar-refractivity contribution < 1.29 is 9.90 Å². The lowest BCUT2D eigenvalue weighted by molar-refractivity contribution is -0.148. The number of piperidine rings is 1. The molecule has 31 heavy (non-hydrogen) atoms. The first kappa shape index (κ1) is 23.2. The van der Waals surface area contributed by atoms with Crippen molar-refractivity contribution in [3.05, 3.63) is 53.6 Å². The number of halogens is 2. The number of aromatic amines is 1. The van der Waals surface area contributed by atoms with Crippen LogP contribution >= 0.6 is 24.0 Å². The molecule has 2 N–H and O–H groups in total. The topological polar surface area (TPSA) is 95.0 Å². The third-order valence-electron chi connectivity index (χ3n) is 5.46. The van der Waals surface area contributed by atoms with E-state index in [1.54, 1.807) is 11.1 Å². The Labute approximate surface area is 192 Å². The van der Waals surface area contributed by atoms with Crippen LogP contribution in [0.1, 0.15) is 38.3 Å². The lowest BCUT2D eigenvalue weighted by Crippen LogP contribution is -2.48. The Hall–Kier alpha value is -2.48. The number of benzene rings is 1. The fourth-order valence-corrected chi connectivity index (χ4v) is 4.05. The molecule has 0 spiro atoms. The van der Waals surface area contributed by atoms with Gasteiger partial charge in [-0.2, -0.15) is 5.10 Å². The minimum Gasteiger partial charge on any atom is -0.381 e. The van der Waals surface area contributed by atoms with Crippen LogP contribution in [0.4, 0.5) is 0 Å². The number of likely N-dealkylation sites (tertiary alicyclic amines) is 1. The van der Waals surface area contributed by atoms with Gasteiger partial charge >= 0.3 is 0 Å². The first-order valence-corrected chi connectivity index (χ1v) is 10.3. The van der Waals surface area contributed by atoms with Gasteiger partial charge in [0.15, 0.2) is 0 Å². The number of aromatic nitrogens is 4. The second-order valence-corrected chi connectivity index (χ2v) is 8.52. The van der Waals surface area contributed by atoms with E-state index in [4.69, 9.17) is 11.6 Å². The van der Waals surface area contributed by atoms with Crippen LogP contribution in [-0.4, -0.2) is 54.8 Å². The predicted octanol–water partition coefficient (Wildman–Crippen LogP) is 4.09. The van der Waals surface area contributed by atoms with E-state index in [1.165, 1.54) is 20.2 Å². The molecule has 1 fully saturated rings. The molecule has 1 aromatic carbocycles. The van der Waals surface area contributed by atoms with Gasteiger partial charge in [0.1, 0.15) is 17.6 Å².